The molecule has 0 bridgehead atoms. The zero-order chi connectivity index (χ0) is 11.4. The maximum atomic E-state index is 11.0. The number of nitrogens with one attached hydrogen (secondary N) is 2. The molecular weight excluding hydrogens is 206 g/mol. The number of rotatable bonds is 2. The average molecular weight is 217 g/mol. The van der Waals surface area contributed by atoms with Gasteiger partial charge < -0.3 is 0 Å². The molecule has 5 nitrogen and oxygen atoms in total. The van der Waals surface area contributed by atoms with Crippen LogP contribution in [0.5, 0.6) is 0 Å². The summed E-state index contributed by atoms with van der Waals surface area (Å²) in [6, 6.07) is 9.59. The van der Waals surface area contributed by atoms with E-state index in [1.165, 1.54) is 0 Å². The lowest BCUT2D eigenvalue weighted by Gasteiger charge is -2.14. The van der Waals surface area contributed by atoms with Gasteiger partial charge in [-0.2, -0.15) is 0 Å². The number of aliphatic imine (C=N–C) groups is 1. The quantitative estimate of drug-likeness (QED) is 0.694. The number of carbonyl (C=O) groups is 2. The summed E-state index contributed by atoms with van der Waals surface area (Å²) >= 11 is 0. The molecule has 1 aromatic carbocycles. The van der Waals surface area contributed by atoms with Crippen molar-refractivity contribution in [3.05, 3.63) is 35.9 Å². The number of hydrogen-bond acceptors (Lipinski definition) is 3. The van der Waals surface area contributed by atoms with Crippen molar-refractivity contribution < 1.29 is 9.59 Å². The Labute approximate surface area is 92.6 Å². The van der Waals surface area contributed by atoms with Crippen molar-refractivity contribution in [2.45, 2.75) is 13.0 Å². The molecule has 1 aliphatic heterocycles. The first-order valence-electron chi connectivity index (χ1n) is 4.92. The average Bonchev–Trinajstić information content (AvgIpc) is 2.27. The summed E-state index contributed by atoms with van der Waals surface area (Å²) in [6.45, 7) is 0.427. The van der Waals surface area contributed by atoms with E-state index < -0.39 is 0 Å². The van der Waals surface area contributed by atoms with E-state index in [-0.39, 0.29) is 24.2 Å². The van der Waals surface area contributed by atoms with E-state index in [1.807, 2.05) is 30.3 Å². The van der Waals surface area contributed by atoms with Gasteiger partial charge in [0.15, 0.2) is 0 Å². The number of nitrogens with zero attached hydrogens (tertiary/aromatic N) is 1. The second-order valence-corrected chi connectivity index (χ2v) is 3.42. The predicted octanol–water partition coefficient (Wildman–Crippen LogP) is 0.179. The standard InChI is InChI=1S/C11H11N3O2/c15-9-6-10(16)14-11(13-9)12-7-8-4-2-1-3-5-8/h1-5H,6-7H2,(H2,12,13,14,15,16). The smallest absolute Gasteiger partial charge is 0.236 e. The molecule has 1 saturated heterocycles. The van der Waals surface area contributed by atoms with Crippen LogP contribution in [0, 0.1) is 0 Å². The molecule has 0 aliphatic carbocycles. The van der Waals surface area contributed by atoms with Gasteiger partial charge in [0, 0.05) is 0 Å². The van der Waals surface area contributed by atoms with Crippen LogP contribution in [0.2, 0.25) is 0 Å². The molecule has 16 heavy (non-hydrogen) atoms. The topological polar surface area (TPSA) is 70.6 Å². The van der Waals surface area contributed by atoms with E-state index in [4.69, 9.17) is 0 Å². The maximum absolute atomic E-state index is 11.0. The lowest BCUT2D eigenvalue weighted by Crippen LogP contribution is -2.50. The molecule has 0 aromatic heterocycles. The number of guanidine groups is 1. The summed E-state index contributed by atoms with van der Waals surface area (Å²) in [5, 5.41) is 4.99. The van der Waals surface area contributed by atoms with E-state index in [1.54, 1.807) is 0 Å². The number of benzene rings is 1. The Kier molecular flexibility index (Phi) is 2.95. The fourth-order valence-electron chi connectivity index (χ4n) is 1.36. The van der Waals surface area contributed by atoms with Crippen molar-refractivity contribution in [2.24, 2.45) is 4.99 Å². The molecule has 1 heterocycles. The molecular formula is C11H11N3O2. The first-order valence-corrected chi connectivity index (χ1v) is 4.92. The molecule has 1 fully saturated rings. The molecule has 0 saturated carbocycles. The highest BCUT2D eigenvalue weighted by Gasteiger charge is 2.19. The van der Waals surface area contributed by atoms with Gasteiger partial charge in [-0.15, -0.1) is 0 Å². The lowest BCUT2D eigenvalue weighted by atomic mass is 10.2. The zero-order valence-corrected chi connectivity index (χ0v) is 8.56. The van der Waals surface area contributed by atoms with Crippen LogP contribution < -0.4 is 10.6 Å². The number of hydrogen-bond donors (Lipinski definition) is 2. The Morgan fingerprint density at radius 2 is 1.69 bits per heavy atom. The molecule has 2 N–H and O–H groups in total. The van der Waals surface area contributed by atoms with Gasteiger partial charge in [-0.05, 0) is 5.56 Å². The molecule has 82 valence electrons. The minimum absolute atomic E-state index is 0.135. The van der Waals surface area contributed by atoms with Crippen molar-refractivity contribution in [2.75, 3.05) is 0 Å². The minimum Gasteiger partial charge on any atom is -0.296 e. The molecule has 0 atom stereocenters. The van der Waals surface area contributed by atoms with Gasteiger partial charge in [0.05, 0.1) is 6.54 Å². The van der Waals surface area contributed by atoms with Crippen molar-refractivity contribution in [1.29, 1.82) is 0 Å². The third kappa shape index (κ3) is 2.66. The van der Waals surface area contributed by atoms with Crippen molar-refractivity contribution >= 4 is 17.8 Å². The first-order chi connectivity index (χ1) is 7.74. The summed E-state index contributed by atoms with van der Waals surface area (Å²) in [5.74, 6) is -0.420. The van der Waals surface area contributed by atoms with Gasteiger partial charge in [0.25, 0.3) is 0 Å². The highest BCUT2D eigenvalue weighted by Crippen LogP contribution is 2.00. The van der Waals surface area contributed by atoms with Crippen LogP contribution in [-0.4, -0.2) is 17.8 Å². The normalized spacial score (nSPS) is 15.4. The second kappa shape index (κ2) is 4.57. The van der Waals surface area contributed by atoms with Gasteiger partial charge in [0.2, 0.25) is 17.8 Å². The van der Waals surface area contributed by atoms with Crippen molar-refractivity contribution in [1.82, 2.24) is 10.6 Å². The third-order valence-electron chi connectivity index (χ3n) is 2.10. The summed E-state index contributed by atoms with van der Waals surface area (Å²) in [7, 11) is 0. The van der Waals surface area contributed by atoms with Gasteiger partial charge in [-0.1, -0.05) is 30.3 Å². The minimum atomic E-state index is -0.324. The Hall–Kier alpha value is -2.17. The largest absolute Gasteiger partial charge is 0.296 e. The molecule has 1 aromatic rings. The fourth-order valence-corrected chi connectivity index (χ4v) is 1.36. The van der Waals surface area contributed by atoms with Gasteiger partial charge in [-0.25, -0.2) is 4.99 Å². The van der Waals surface area contributed by atoms with Crippen LogP contribution in [0.3, 0.4) is 0 Å². The Morgan fingerprint density at radius 1 is 1.06 bits per heavy atom. The molecule has 0 unspecified atom stereocenters. The van der Waals surface area contributed by atoms with Gasteiger partial charge in [-0.3, -0.25) is 20.2 Å². The molecule has 2 amide bonds. The molecule has 5 heteroatoms. The third-order valence-corrected chi connectivity index (χ3v) is 2.10. The van der Waals surface area contributed by atoms with Crippen LogP contribution in [0.15, 0.2) is 35.3 Å². The van der Waals surface area contributed by atoms with E-state index in [0.29, 0.717) is 6.54 Å². The van der Waals surface area contributed by atoms with E-state index in [0.717, 1.165) is 5.56 Å². The summed E-state index contributed by atoms with van der Waals surface area (Å²) in [6.07, 6.45) is -0.135. The first kappa shape index (κ1) is 10.4. The molecule has 2 rings (SSSR count). The van der Waals surface area contributed by atoms with Crippen LogP contribution in [-0.2, 0) is 16.1 Å². The second-order valence-electron chi connectivity index (χ2n) is 3.42. The lowest BCUT2D eigenvalue weighted by molar-refractivity contribution is -0.129. The Morgan fingerprint density at radius 3 is 2.31 bits per heavy atom. The summed E-state index contributed by atoms with van der Waals surface area (Å²) in [4.78, 5) is 26.2. The molecule has 0 radical (unpaired) electrons. The number of carbonyl (C=O) groups excluding carboxylic acids is 2. The Balaban J connectivity index is 2.02. The van der Waals surface area contributed by atoms with Gasteiger partial charge >= 0.3 is 0 Å². The number of amides is 2. The van der Waals surface area contributed by atoms with E-state index in [9.17, 15) is 9.59 Å². The Bertz CT molecular complexity index is 422. The summed E-state index contributed by atoms with van der Waals surface area (Å²) < 4.78 is 0. The molecule has 1 aliphatic rings. The zero-order valence-electron chi connectivity index (χ0n) is 8.56. The van der Waals surface area contributed by atoms with Crippen molar-refractivity contribution in [3.8, 4) is 0 Å². The van der Waals surface area contributed by atoms with Crippen LogP contribution >= 0.6 is 0 Å². The van der Waals surface area contributed by atoms with Crippen LogP contribution in [0.1, 0.15) is 12.0 Å². The molecule has 0 spiro atoms. The van der Waals surface area contributed by atoms with E-state index >= 15 is 0 Å². The van der Waals surface area contributed by atoms with Crippen LogP contribution in [0.4, 0.5) is 0 Å². The van der Waals surface area contributed by atoms with Crippen molar-refractivity contribution in [3.63, 3.8) is 0 Å². The highest BCUT2D eigenvalue weighted by molar-refractivity contribution is 6.15. The predicted molar refractivity (Wildman–Crippen MR) is 58.5 cm³/mol. The van der Waals surface area contributed by atoms with E-state index in [2.05, 4.69) is 15.6 Å². The summed E-state index contributed by atoms with van der Waals surface area (Å²) in [5.41, 5.74) is 1.02. The highest BCUT2D eigenvalue weighted by atomic mass is 16.2. The SMILES string of the molecule is O=C1CC(=O)NC(=NCc2ccccc2)N1. The monoisotopic (exact) mass is 217 g/mol. The van der Waals surface area contributed by atoms with Gasteiger partial charge in [0.1, 0.15) is 6.42 Å². The fraction of sp³-hybridized carbons (Fsp3) is 0.182. The maximum Gasteiger partial charge on any atom is 0.236 e. The van der Waals surface area contributed by atoms with Crippen LogP contribution in [0.25, 0.3) is 0 Å².